The number of alkyl halides is 3. The highest BCUT2D eigenvalue weighted by Gasteiger charge is 2.33. The maximum atomic E-state index is 13.4. The van der Waals surface area contributed by atoms with Crippen molar-refractivity contribution in [1.29, 1.82) is 0 Å². The van der Waals surface area contributed by atoms with Crippen LogP contribution in [0.1, 0.15) is 17.3 Å². The molecule has 1 aromatic heterocycles. The predicted molar refractivity (Wildman–Crippen MR) is 60.6 cm³/mol. The Morgan fingerprint density at radius 3 is 2.47 bits per heavy atom. The Labute approximate surface area is 106 Å². The molecule has 0 radical (unpaired) electrons. The molecule has 0 amide bonds. The Bertz CT molecular complexity index is 562. The Morgan fingerprint density at radius 1 is 1.21 bits per heavy atom. The largest absolute Gasteiger partial charge is 0.435 e. The molecular weight excluding hydrogens is 262 g/mol. The van der Waals surface area contributed by atoms with E-state index in [0.717, 1.165) is 10.7 Å². The third-order valence-corrected chi connectivity index (χ3v) is 2.62. The Hall–Kier alpha value is -1.89. The van der Waals surface area contributed by atoms with E-state index < -0.39 is 23.7 Å². The smallest absolute Gasteiger partial charge is 0.322 e. The minimum Gasteiger partial charge on any atom is -0.322 e. The number of hydrogen-bond donors (Lipinski definition) is 1. The first-order valence-corrected chi connectivity index (χ1v) is 5.48. The van der Waals surface area contributed by atoms with Crippen LogP contribution in [0.5, 0.6) is 0 Å². The maximum absolute atomic E-state index is 13.4. The van der Waals surface area contributed by atoms with E-state index in [1.807, 2.05) is 0 Å². The molecule has 102 valence electrons. The van der Waals surface area contributed by atoms with Crippen molar-refractivity contribution < 1.29 is 17.6 Å². The van der Waals surface area contributed by atoms with Crippen molar-refractivity contribution >= 4 is 0 Å². The number of halogens is 4. The summed E-state index contributed by atoms with van der Waals surface area (Å²) in [5.41, 5.74) is 5.01. The SMILES string of the molecule is NC(Cn1ccc(C(F)(F)F)n1)c1ccccc1F. The topological polar surface area (TPSA) is 43.8 Å². The summed E-state index contributed by atoms with van der Waals surface area (Å²) < 4.78 is 51.6. The van der Waals surface area contributed by atoms with Gasteiger partial charge >= 0.3 is 6.18 Å². The van der Waals surface area contributed by atoms with Gasteiger partial charge in [0.2, 0.25) is 0 Å². The van der Waals surface area contributed by atoms with Gasteiger partial charge in [-0.25, -0.2) is 4.39 Å². The van der Waals surface area contributed by atoms with Crippen LogP contribution in [0.4, 0.5) is 17.6 Å². The van der Waals surface area contributed by atoms with Crippen LogP contribution in [0.2, 0.25) is 0 Å². The zero-order chi connectivity index (χ0) is 14.0. The fraction of sp³-hybridized carbons (Fsp3) is 0.250. The molecule has 0 fully saturated rings. The lowest BCUT2D eigenvalue weighted by molar-refractivity contribution is -0.141. The summed E-state index contributed by atoms with van der Waals surface area (Å²) in [6.07, 6.45) is -3.32. The number of rotatable bonds is 3. The van der Waals surface area contributed by atoms with Crippen molar-refractivity contribution in [3.05, 3.63) is 53.6 Å². The van der Waals surface area contributed by atoms with Crippen LogP contribution in [0, 0.1) is 5.82 Å². The van der Waals surface area contributed by atoms with E-state index in [0.29, 0.717) is 0 Å². The third kappa shape index (κ3) is 3.11. The second-order valence-electron chi connectivity index (χ2n) is 4.05. The molecule has 0 bridgehead atoms. The molecule has 0 saturated carbocycles. The molecule has 1 unspecified atom stereocenters. The standard InChI is InChI=1S/C12H11F4N3/c13-9-4-2-1-3-8(9)10(17)7-19-6-5-11(18-19)12(14,15)16/h1-6,10H,7,17H2. The summed E-state index contributed by atoms with van der Waals surface area (Å²) in [5, 5.41) is 3.37. The number of hydrogen-bond acceptors (Lipinski definition) is 2. The number of benzene rings is 1. The molecule has 1 atom stereocenters. The molecule has 2 aromatic rings. The first-order valence-electron chi connectivity index (χ1n) is 5.48. The average Bonchev–Trinajstić information content (AvgIpc) is 2.77. The van der Waals surface area contributed by atoms with Gasteiger partial charge in [0.25, 0.3) is 0 Å². The van der Waals surface area contributed by atoms with Crippen LogP contribution >= 0.6 is 0 Å². The molecule has 1 heterocycles. The molecule has 3 nitrogen and oxygen atoms in total. The zero-order valence-electron chi connectivity index (χ0n) is 9.73. The quantitative estimate of drug-likeness (QED) is 0.874. The monoisotopic (exact) mass is 273 g/mol. The number of aromatic nitrogens is 2. The molecule has 19 heavy (non-hydrogen) atoms. The van der Waals surface area contributed by atoms with Gasteiger partial charge in [0.05, 0.1) is 12.6 Å². The molecule has 2 rings (SSSR count). The third-order valence-electron chi connectivity index (χ3n) is 2.62. The molecule has 7 heteroatoms. The molecule has 1 aromatic carbocycles. The molecule has 0 aliphatic carbocycles. The van der Waals surface area contributed by atoms with Gasteiger partial charge in [0.15, 0.2) is 5.69 Å². The Kier molecular flexibility index (Phi) is 3.57. The van der Waals surface area contributed by atoms with Gasteiger partial charge in [-0.2, -0.15) is 18.3 Å². The summed E-state index contributed by atoms with van der Waals surface area (Å²) >= 11 is 0. The second-order valence-corrected chi connectivity index (χ2v) is 4.05. The van der Waals surface area contributed by atoms with Gasteiger partial charge in [-0.3, -0.25) is 4.68 Å². The second kappa shape index (κ2) is 5.00. The van der Waals surface area contributed by atoms with Gasteiger partial charge in [-0.05, 0) is 12.1 Å². The lowest BCUT2D eigenvalue weighted by Gasteiger charge is -2.13. The van der Waals surface area contributed by atoms with E-state index in [1.165, 1.54) is 24.4 Å². The summed E-state index contributed by atoms with van der Waals surface area (Å²) in [4.78, 5) is 0. The minimum absolute atomic E-state index is 0.0307. The Balaban J connectivity index is 2.14. The van der Waals surface area contributed by atoms with Crippen molar-refractivity contribution in [3.63, 3.8) is 0 Å². The zero-order valence-corrected chi connectivity index (χ0v) is 9.73. The van der Waals surface area contributed by atoms with Crippen molar-refractivity contribution in [1.82, 2.24) is 9.78 Å². The average molecular weight is 273 g/mol. The fourth-order valence-electron chi connectivity index (χ4n) is 1.69. The number of nitrogens with two attached hydrogens (primary N) is 1. The van der Waals surface area contributed by atoms with Gasteiger partial charge in [0.1, 0.15) is 5.82 Å². The summed E-state index contributed by atoms with van der Waals surface area (Å²) in [7, 11) is 0. The highest BCUT2D eigenvalue weighted by atomic mass is 19.4. The van der Waals surface area contributed by atoms with Crippen LogP contribution in [0.3, 0.4) is 0 Å². The highest BCUT2D eigenvalue weighted by molar-refractivity contribution is 5.20. The van der Waals surface area contributed by atoms with Gasteiger partial charge < -0.3 is 5.73 Å². The predicted octanol–water partition coefficient (Wildman–Crippen LogP) is 2.74. The van der Waals surface area contributed by atoms with Crippen molar-refractivity contribution in [2.45, 2.75) is 18.8 Å². The first kappa shape index (κ1) is 13.5. The fourth-order valence-corrected chi connectivity index (χ4v) is 1.69. The van der Waals surface area contributed by atoms with E-state index in [-0.39, 0.29) is 12.1 Å². The summed E-state index contributed by atoms with van der Waals surface area (Å²) in [5.74, 6) is -0.488. The van der Waals surface area contributed by atoms with E-state index in [4.69, 9.17) is 5.73 Å². The van der Waals surface area contributed by atoms with E-state index in [1.54, 1.807) is 6.07 Å². The van der Waals surface area contributed by atoms with Crippen LogP contribution in [0.15, 0.2) is 36.5 Å². The Morgan fingerprint density at radius 2 is 1.89 bits per heavy atom. The molecule has 0 aliphatic heterocycles. The lowest BCUT2D eigenvalue weighted by Crippen LogP contribution is -2.19. The van der Waals surface area contributed by atoms with E-state index >= 15 is 0 Å². The van der Waals surface area contributed by atoms with Crippen molar-refractivity contribution in [2.75, 3.05) is 0 Å². The normalized spacial score (nSPS) is 13.5. The molecule has 0 saturated heterocycles. The summed E-state index contributed by atoms with van der Waals surface area (Å²) in [6, 6.07) is 5.97. The summed E-state index contributed by atoms with van der Waals surface area (Å²) in [6.45, 7) is -0.0307. The molecule has 0 spiro atoms. The molecule has 0 aliphatic rings. The van der Waals surface area contributed by atoms with Crippen LogP contribution in [-0.4, -0.2) is 9.78 Å². The van der Waals surface area contributed by atoms with E-state index in [2.05, 4.69) is 5.10 Å². The van der Waals surface area contributed by atoms with Gasteiger partial charge in [-0.15, -0.1) is 0 Å². The van der Waals surface area contributed by atoms with Gasteiger partial charge in [0, 0.05) is 11.8 Å². The van der Waals surface area contributed by atoms with Crippen molar-refractivity contribution in [2.24, 2.45) is 5.73 Å². The van der Waals surface area contributed by atoms with Crippen LogP contribution < -0.4 is 5.73 Å². The lowest BCUT2D eigenvalue weighted by atomic mass is 10.1. The van der Waals surface area contributed by atoms with Crippen LogP contribution in [-0.2, 0) is 12.7 Å². The minimum atomic E-state index is -4.49. The first-order chi connectivity index (χ1) is 8.88. The van der Waals surface area contributed by atoms with E-state index in [9.17, 15) is 17.6 Å². The van der Waals surface area contributed by atoms with Gasteiger partial charge in [-0.1, -0.05) is 18.2 Å². The molecule has 2 N–H and O–H groups in total. The maximum Gasteiger partial charge on any atom is 0.435 e. The highest BCUT2D eigenvalue weighted by Crippen LogP contribution is 2.27. The van der Waals surface area contributed by atoms with Crippen molar-refractivity contribution in [3.8, 4) is 0 Å². The molecular formula is C12H11F4N3. The van der Waals surface area contributed by atoms with Crippen LogP contribution in [0.25, 0.3) is 0 Å². The number of nitrogens with zero attached hydrogens (tertiary/aromatic N) is 2.